The lowest BCUT2D eigenvalue weighted by molar-refractivity contribution is -0.116. The summed E-state index contributed by atoms with van der Waals surface area (Å²) in [6.45, 7) is 4.06. The molecule has 1 rings (SSSR count). The van der Waals surface area contributed by atoms with Crippen molar-refractivity contribution in [1.29, 1.82) is 0 Å². The van der Waals surface area contributed by atoms with Crippen LogP contribution >= 0.6 is 22.3 Å². The molecule has 0 aliphatic rings. The lowest BCUT2D eigenvalue weighted by Gasteiger charge is -2.09. The summed E-state index contributed by atoms with van der Waals surface area (Å²) < 4.78 is 22.2. The Balaban J connectivity index is 2.78. The van der Waals surface area contributed by atoms with Gasteiger partial charge in [0.2, 0.25) is 5.91 Å². The molecule has 0 aromatic heterocycles. The molecule has 0 bridgehead atoms. The molecule has 1 N–H and O–H groups in total. The Hall–Kier alpha value is -0.780. The summed E-state index contributed by atoms with van der Waals surface area (Å²) in [5.41, 5.74) is 0.375. The number of halogens is 2. The minimum absolute atomic E-state index is 0.0978. The smallest absolute Gasteiger partial charge is 0.261 e. The van der Waals surface area contributed by atoms with Crippen molar-refractivity contribution in [1.82, 2.24) is 0 Å². The van der Waals surface area contributed by atoms with Gasteiger partial charge < -0.3 is 5.32 Å². The molecule has 0 aliphatic carbocycles. The normalized spacial score (nSPS) is 11.6. The first-order valence-electron chi connectivity index (χ1n) is 5.74. The Kier molecular flexibility index (Phi) is 5.64. The number of rotatable bonds is 5. The zero-order valence-corrected chi connectivity index (χ0v) is 12.9. The molecule has 0 fully saturated rings. The standard InChI is InChI=1S/C12H15Cl2NO3S/c1-8(2)3-6-12(16)15-11-5-4-9(7-10(11)13)19(14,17)18/h4-5,7-8H,3,6H2,1-2H3,(H,15,16). The molecule has 7 heteroatoms. The van der Waals surface area contributed by atoms with Gasteiger partial charge in [0.15, 0.2) is 0 Å². The SMILES string of the molecule is CC(C)CCC(=O)Nc1ccc(S(=O)(=O)Cl)cc1Cl. The van der Waals surface area contributed by atoms with E-state index in [1.54, 1.807) is 0 Å². The van der Waals surface area contributed by atoms with Crippen LogP contribution in [0.5, 0.6) is 0 Å². The van der Waals surface area contributed by atoms with E-state index in [0.29, 0.717) is 18.0 Å². The molecular formula is C12H15Cl2NO3S. The molecule has 106 valence electrons. The van der Waals surface area contributed by atoms with Crippen molar-refractivity contribution in [2.75, 3.05) is 5.32 Å². The van der Waals surface area contributed by atoms with E-state index in [9.17, 15) is 13.2 Å². The quantitative estimate of drug-likeness (QED) is 0.841. The Morgan fingerprint density at radius 3 is 2.47 bits per heavy atom. The maximum absolute atomic E-state index is 11.6. The summed E-state index contributed by atoms with van der Waals surface area (Å²) in [5, 5.41) is 2.77. The molecule has 0 unspecified atom stereocenters. The average Bonchev–Trinajstić information content (AvgIpc) is 2.27. The Morgan fingerprint density at radius 1 is 1.37 bits per heavy atom. The summed E-state index contributed by atoms with van der Waals surface area (Å²) in [6, 6.07) is 3.93. The summed E-state index contributed by atoms with van der Waals surface area (Å²) in [6.07, 6.45) is 1.17. The maximum atomic E-state index is 11.6. The van der Waals surface area contributed by atoms with E-state index in [1.165, 1.54) is 18.2 Å². The van der Waals surface area contributed by atoms with Crippen molar-refractivity contribution in [3.63, 3.8) is 0 Å². The van der Waals surface area contributed by atoms with Crippen LogP contribution in [0, 0.1) is 5.92 Å². The van der Waals surface area contributed by atoms with Crippen LogP contribution in [0.3, 0.4) is 0 Å². The highest BCUT2D eigenvalue weighted by Gasteiger charge is 2.13. The first kappa shape index (κ1) is 16.3. The number of carbonyl (C=O) groups is 1. The fourth-order valence-electron chi connectivity index (χ4n) is 1.38. The molecule has 1 aromatic carbocycles. The second-order valence-electron chi connectivity index (χ2n) is 4.56. The van der Waals surface area contributed by atoms with Gasteiger partial charge in [0.25, 0.3) is 9.05 Å². The van der Waals surface area contributed by atoms with Crippen LogP contribution in [0.15, 0.2) is 23.1 Å². The van der Waals surface area contributed by atoms with E-state index in [0.717, 1.165) is 6.42 Å². The maximum Gasteiger partial charge on any atom is 0.261 e. The zero-order chi connectivity index (χ0) is 14.6. The van der Waals surface area contributed by atoms with E-state index in [1.807, 2.05) is 13.8 Å². The zero-order valence-electron chi connectivity index (χ0n) is 10.6. The Morgan fingerprint density at radius 2 is 2.00 bits per heavy atom. The van der Waals surface area contributed by atoms with Gasteiger partial charge in [-0.05, 0) is 30.5 Å². The van der Waals surface area contributed by atoms with Crippen LogP contribution in [0.2, 0.25) is 5.02 Å². The molecule has 0 radical (unpaired) electrons. The predicted octanol–water partition coefficient (Wildman–Crippen LogP) is 3.64. The van der Waals surface area contributed by atoms with E-state index in [2.05, 4.69) is 5.32 Å². The van der Waals surface area contributed by atoms with Gasteiger partial charge in [0.05, 0.1) is 15.6 Å². The lowest BCUT2D eigenvalue weighted by atomic mass is 10.1. The van der Waals surface area contributed by atoms with Crippen molar-refractivity contribution < 1.29 is 13.2 Å². The summed E-state index contributed by atoms with van der Waals surface area (Å²) >= 11 is 5.90. The molecular weight excluding hydrogens is 309 g/mol. The van der Waals surface area contributed by atoms with E-state index >= 15 is 0 Å². The monoisotopic (exact) mass is 323 g/mol. The van der Waals surface area contributed by atoms with Crippen molar-refractivity contribution in [3.8, 4) is 0 Å². The lowest BCUT2D eigenvalue weighted by Crippen LogP contribution is -2.12. The van der Waals surface area contributed by atoms with Crippen LogP contribution in [-0.4, -0.2) is 14.3 Å². The van der Waals surface area contributed by atoms with Gasteiger partial charge in [-0.1, -0.05) is 25.4 Å². The topological polar surface area (TPSA) is 63.2 Å². The molecule has 4 nitrogen and oxygen atoms in total. The number of amides is 1. The van der Waals surface area contributed by atoms with Gasteiger partial charge in [0.1, 0.15) is 0 Å². The van der Waals surface area contributed by atoms with Gasteiger partial charge in [-0.2, -0.15) is 0 Å². The number of anilines is 1. The summed E-state index contributed by atoms with van der Waals surface area (Å²) in [5.74, 6) is 0.280. The third kappa shape index (κ3) is 5.38. The van der Waals surface area contributed by atoms with Crippen LogP contribution in [-0.2, 0) is 13.8 Å². The van der Waals surface area contributed by atoms with E-state index < -0.39 is 9.05 Å². The van der Waals surface area contributed by atoms with Gasteiger partial charge in [-0.25, -0.2) is 8.42 Å². The van der Waals surface area contributed by atoms with Gasteiger partial charge in [-0.3, -0.25) is 4.79 Å². The molecule has 0 saturated heterocycles. The highest BCUT2D eigenvalue weighted by molar-refractivity contribution is 8.13. The van der Waals surface area contributed by atoms with Crippen LogP contribution in [0.1, 0.15) is 26.7 Å². The molecule has 0 heterocycles. The fraction of sp³-hybridized carbons (Fsp3) is 0.417. The average molecular weight is 324 g/mol. The third-order valence-corrected chi connectivity index (χ3v) is 4.11. The predicted molar refractivity (Wildman–Crippen MR) is 77.2 cm³/mol. The molecule has 0 aliphatic heterocycles. The highest BCUT2D eigenvalue weighted by Crippen LogP contribution is 2.27. The van der Waals surface area contributed by atoms with E-state index in [-0.39, 0.29) is 15.8 Å². The minimum atomic E-state index is -3.82. The Labute approximate surface area is 122 Å². The Bertz CT molecular complexity index is 570. The van der Waals surface area contributed by atoms with Crippen LogP contribution < -0.4 is 5.32 Å². The second-order valence-corrected chi connectivity index (χ2v) is 7.53. The fourth-order valence-corrected chi connectivity index (χ4v) is 2.45. The molecule has 1 aromatic rings. The number of nitrogens with one attached hydrogen (secondary N) is 1. The first-order valence-corrected chi connectivity index (χ1v) is 8.43. The van der Waals surface area contributed by atoms with Gasteiger partial charge in [-0.15, -0.1) is 0 Å². The number of carbonyl (C=O) groups excluding carboxylic acids is 1. The van der Waals surface area contributed by atoms with Gasteiger partial charge >= 0.3 is 0 Å². The molecule has 19 heavy (non-hydrogen) atoms. The minimum Gasteiger partial charge on any atom is -0.325 e. The van der Waals surface area contributed by atoms with Crippen molar-refractivity contribution in [3.05, 3.63) is 23.2 Å². The van der Waals surface area contributed by atoms with E-state index in [4.69, 9.17) is 22.3 Å². The second kappa shape index (κ2) is 6.59. The van der Waals surface area contributed by atoms with Crippen molar-refractivity contribution in [2.45, 2.75) is 31.6 Å². The van der Waals surface area contributed by atoms with Crippen molar-refractivity contribution >= 4 is 42.9 Å². The number of hydrogen-bond donors (Lipinski definition) is 1. The number of hydrogen-bond acceptors (Lipinski definition) is 3. The largest absolute Gasteiger partial charge is 0.325 e. The summed E-state index contributed by atoms with van der Waals surface area (Å²) in [4.78, 5) is 11.5. The van der Waals surface area contributed by atoms with Gasteiger partial charge in [0, 0.05) is 17.1 Å². The summed E-state index contributed by atoms with van der Waals surface area (Å²) in [7, 11) is 1.38. The molecule has 1 amide bonds. The molecule has 0 atom stereocenters. The van der Waals surface area contributed by atoms with Crippen LogP contribution in [0.25, 0.3) is 0 Å². The van der Waals surface area contributed by atoms with Crippen LogP contribution in [0.4, 0.5) is 5.69 Å². The van der Waals surface area contributed by atoms with Crippen molar-refractivity contribution in [2.24, 2.45) is 5.92 Å². The third-order valence-electron chi connectivity index (χ3n) is 2.44. The number of benzene rings is 1. The first-order chi connectivity index (χ1) is 8.70. The molecule has 0 saturated carbocycles. The molecule has 0 spiro atoms. The highest BCUT2D eigenvalue weighted by atomic mass is 35.7.